The van der Waals surface area contributed by atoms with Gasteiger partial charge in [-0.15, -0.1) is 0 Å². The predicted molar refractivity (Wildman–Crippen MR) is 53.5 cm³/mol. The van der Waals surface area contributed by atoms with Gasteiger partial charge in [-0.2, -0.15) is 0 Å². The summed E-state index contributed by atoms with van der Waals surface area (Å²) >= 11 is 0. The van der Waals surface area contributed by atoms with E-state index in [4.69, 9.17) is 9.84 Å². The second kappa shape index (κ2) is 4.61. The maximum atomic E-state index is 11.1. The van der Waals surface area contributed by atoms with Crippen LogP contribution in [0.3, 0.4) is 0 Å². The van der Waals surface area contributed by atoms with Crippen molar-refractivity contribution < 1.29 is 19.4 Å². The van der Waals surface area contributed by atoms with Gasteiger partial charge in [0.15, 0.2) is 5.60 Å². The Labute approximate surface area is 89.0 Å². The van der Waals surface area contributed by atoms with E-state index in [-0.39, 0.29) is 5.91 Å². The zero-order valence-corrected chi connectivity index (χ0v) is 9.15. The minimum atomic E-state index is -1.08. The Morgan fingerprint density at radius 2 is 1.93 bits per heavy atom. The number of amides is 1. The van der Waals surface area contributed by atoms with E-state index < -0.39 is 11.6 Å². The van der Waals surface area contributed by atoms with Gasteiger partial charge < -0.3 is 14.7 Å². The SMILES string of the molecule is CCOC1(C(=O)O)CCN(C(C)=O)CC1. The molecule has 0 unspecified atom stereocenters. The standard InChI is InChI=1S/C10H17NO4/c1-3-15-10(9(13)14)4-6-11(7-5-10)8(2)12/h3-7H2,1-2H3,(H,13,14). The Morgan fingerprint density at radius 3 is 2.27 bits per heavy atom. The first kappa shape index (κ1) is 12.0. The normalized spacial score (nSPS) is 20.0. The molecule has 0 aliphatic carbocycles. The first-order chi connectivity index (χ1) is 7.02. The van der Waals surface area contributed by atoms with Crippen molar-refractivity contribution in [2.45, 2.75) is 32.3 Å². The molecule has 5 nitrogen and oxygen atoms in total. The third-order valence-electron chi connectivity index (χ3n) is 2.83. The second-order valence-corrected chi connectivity index (χ2v) is 3.74. The van der Waals surface area contributed by atoms with Crippen LogP contribution >= 0.6 is 0 Å². The maximum Gasteiger partial charge on any atom is 0.336 e. The van der Waals surface area contributed by atoms with Crippen LogP contribution in [0.2, 0.25) is 0 Å². The van der Waals surface area contributed by atoms with Gasteiger partial charge >= 0.3 is 5.97 Å². The van der Waals surface area contributed by atoms with Gasteiger partial charge in [-0.1, -0.05) is 0 Å². The molecule has 0 saturated carbocycles. The molecule has 0 bridgehead atoms. The van der Waals surface area contributed by atoms with E-state index in [1.165, 1.54) is 6.92 Å². The summed E-state index contributed by atoms with van der Waals surface area (Å²) < 4.78 is 5.32. The molecule has 1 aliphatic heterocycles. The van der Waals surface area contributed by atoms with Gasteiger partial charge in [0.2, 0.25) is 5.91 Å². The van der Waals surface area contributed by atoms with Crippen LogP contribution < -0.4 is 0 Å². The molecule has 5 heteroatoms. The molecule has 1 amide bonds. The number of carbonyl (C=O) groups excluding carboxylic acids is 1. The zero-order chi connectivity index (χ0) is 11.5. The van der Waals surface area contributed by atoms with Gasteiger partial charge in [0.25, 0.3) is 0 Å². The van der Waals surface area contributed by atoms with E-state index in [1.807, 2.05) is 0 Å². The predicted octanol–water partition coefficient (Wildman–Crippen LogP) is 0.489. The lowest BCUT2D eigenvalue weighted by Crippen LogP contribution is -2.52. The molecule has 0 aromatic carbocycles. The van der Waals surface area contributed by atoms with Crippen molar-refractivity contribution in [3.63, 3.8) is 0 Å². The number of carbonyl (C=O) groups is 2. The number of nitrogens with zero attached hydrogens (tertiary/aromatic N) is 1. The van der Waals surface area contributed by atoms with Crippen LogP contribution in [0, 0.1) is 0 Å². The van der Waals surface area contributed by atoms with Crippen LogP contribution in [0.5, 0.6) is 0 Å². The third kappa shape index (κ3) is 2.47. The highest BCUT2D eigenvalue weighted by molar-refractivity contribution is 5.79. The summed E-state index contributed by atoms with van der Waals surface area (Å²) in [6.07, 6.45) is 0.742. The number of carboxylic acid groups (broad SMARTS) is 1. The van der Waals surface area contributed by atoms with Crippen molar-refractivity contribution in [2.75, 3.05) is 19.7 Å². The van der Waals surface area contributed by atoms with Crippen molar-refractivity contribution in [1.82, 2.24) is 4.90 Å². The van der Waals surface area contributed by atoms with E-state index in [0.29, 0.717) is 32.5 Å². The Morgan fingerprint density at radius 1 is 1.40 bits per heavy atom. The molecule has 1 aliphatic rings. The van der Waals surface area contributed by atoms with Gasteiger partial charge in [-0.3, -0.25) is 4.79 Å². The fraction of sp³-hybridized carbons (Fsp3) is 0.800. The Bertz CT molecular complexity index is 256. The van der Waals surface area contributed by atoms with Gasteiger partial charge in [0, 0.05) is 39.5 Å². The van der Waals surface area contributed by atoms with Crippen LogP contribution in [-0.2, 0) is 14.3 Å². The number of aliphatic carboxylic acids is 1. The fourth-order valence-electron chi connectivity index (χ4n) is 1.88. The molecular formula is C10H17NO4. The molecule has 0 spiro atoms. The number of hydrogen-bond donors (Lipinski definition) is 1. The van der Waals surface area contributed by atoms with Crippen LogP contribution in [0.1, 0.15) is 26.7 Å². The first-order valence-electron chi connectivity index (χ1n) is 5.14. The van der Waals surface area contributed by atoms with E-state index in [0.717, 1.165) is 0 Å². The Kier molecular flexibility index (Phi) is 3.68. The Balaban J connectivity index is 2.65. The van der Waals surface area contributed by atoms with Crippen LogP contribution in [0.4, 0.5) is 0 Å². The summed E-state index contributed by atoms with van der Waals surface area (Å²) in [6, 6.07) is 0. The first-order valence-corrected chi connectivity index (χ1v) is 5.14. The van der Waals surface area contributed by atoms with Crippen LogP contribution in [0.25, 0.3) is 0 Å². The highest BCUT2D eigenvalue weighted by Crippen LogP contribution is 2.26. The van der Waals surface area contributed by atoms with Gasteiger partial charge in [0.05, 0.1) is 0 Å². The highest BCUT2D eigenvalue weighted by atomic mass is 16.5. The van der Waals surface area contributed by atoms with Crippen LogP contribution in [0.15, 0.2) is 0 Å². The van der Waals surface area contributed by atoms with Gasteiger partial charge in [0.1, 0.15) is 0 Å². The van der Waals surface area contributed by atoms with E-state index in [1.54, 1.807) is 11.8 Å². The molecule has 1 N–H and O–H groups in total. The average Bonchev–Trinajstić information content (AvgIpc) is 2.18. The molecular weight excluding hydrogens is 198 g/mol. The number of rotatable bonds is 3. The van der Waals surface area contributed by atoms with Crippen molar-refractivity contribution >= 4 is 11.9 Å². The van der Waals surface area contributed by atoms with E-state index >= 15 is 0 Å². The topological polar surface area (TPSA) is 66.8 Å². The van der Waals surface area contributed by atoms with Crippen molar-refractivity contribution in [3.8, 4) is 0 Å². The van der Waals surface area contributed by atoms with E-state index in [9.17, 15) is 9.59 Å². The van der Waals surface area contributed by atoms with Crippen LogP contribution in [-0.4, -0.2) is 47.2 Å². The molecule has 1 fully saturated rings. The fourth-order valence-corrected chi connectivity index (χ4v) is 1.88. The molecule has 1 saturated heterocycles. The lowest BCUT2D eigenvalue weighted by Gasteiger charge is -2.38. The molecule has 0 aromatic rings. The monoisotopic (exact) mass is 215 g/mol. The maximum absolute atomic E-state index is 11.1. The molecule has 0 radical (unpaired) electrons. The minimum Gasteiger partial charge on any atom is -0.479 e. The molecule has 1 heterocycles. The average molecular weight is 215 g/mol. The zero-order valence-electron chi connectivity index (χ0n) is 9.15. The smallest absolute Gasteiger partial charge is 0.336 e. The summed E-state index contributed by atoms with van der Waals surface area (Å²) in [4.78, 5) is 23.8. The van der Waals surface area contributed by atoms with Crippen molar-refractivity contribution in [2.24, 2.45) is 0 Å². The largest absolute Gasteiger partial charge is 0.479 e. The molecule has 0 aromatic heterocycles. The second-order valence-electron chi connectivity index (χ2n) is 3.74. The van der Waals surface area contributed by atoms with Crippen molar-refractivity contribution in [3.05, 3.63) is 0 Å². The Hall–Kier alpha value is -1.10. The number of ether oxygens (including phenoxy) is 1. The number of hydrogen-bond acceptors (Lipinski definition) is 3. The molecule has 86 valence electrons. The van der Waals surface area contributed by atoms with Gasteiger partial charge in [-0.05, 0) is 6.92 Å². The summed E-state index contributed by atoms with van der Waals surface area (Å²) in [5.74, 6) is -0.932. The lowest BCUT2D eigenvalue weighted by atomic mass is 9.91. The quantitative estimate of drug-likeness (QED) is 0.744. The summed E-state index contributed by atoms with van der Waals surface area (Å²) in [5.41, 5.74) is -1.08. The highest BCUT2D eigenvalue weighted by Gasteiger charge is 2.42. The number of piperidine rings is 1. The number of carboxylic acids is 1. The summed E-state index contributed by atoms with van der Waals surface area (Å²) in [5, 5.41) is 9.12. The van der Waals surface area contributed by atoms with E-state index in [2.05, 4.69) is 0 Å². The number of likely N-dealkylation sites (tertiary alicyclic amines) is 1. The third-order valence-corrected chi connectivity index (χ3v) is 2.83. The molecule has 0 atom stereocenters. The minimum absolute atomic E-state index is 0.00881. The summed E-state index contributed by atoms with van der Waals surface area (Å²) in [7, 11) is 0. The molecule has 15 heavy (non-hydrogen) atoms. The van der Waals surface area contributed by atoms with Gasteiger partial charge in [-0.25, -0.2) is 4.79 Å². The summed E-state index contributed by atoms with van der Waals surface area (Å²) in [6.45, 7) is 4.58. The molecule has 1 rings (SSSR count). The van der Waals surface area contributed by atoms with Crippen molar-refractivity contribution in [1.29, 1.82) is 0 Å². The lowest BCUT2D eigenvalue weighted by molar-refractivity contribution is -0.173.